The van der Waals surface area contributed by atoms with Crippen LogP contribution in [0.25, 0.3) is 15.9 Å². The van der Waals surface area contributed by atoms with Gasteiger partial charge in [0.2, 0.25) is 0 Å². The fourth-order valence-electron chi connectivity index (χ4n) is 3.99. The minimum atomic E-state index is -0.161. The molecule has 0 aromatic carbocycles. The van der Waals surface area contributed by atoms with Crippen LogP contribution < -0.4 is 5.32 Å². The summed E-state index contributed by atoms with van der Waals surface area (Å²) in [6.07, 6.45) is 9.73. The average Bonchev–Trinajstić information content (AvgIpc) is 3.40. The molecule has 0 spiro atoms. The number of pyridine rings is 1. The van der Waals surface area contributed by atoms with Crippen LogP contribution >= 0.6 is 11.3 Å². The van der Waals surface area contributed by atoms with Crippen molar-refractivity contribution in [2.75, 3.05) is 5.32 Å². The lowest BCUT2D eigenvalue weighted by molar-refractivity contribution is 0.126. The van der Waals surface area contributed by atoms with Crippen LogP contribution in [-0.4, -0.2) is 42.0 Å². The summed E-state index contributed by atoms with van der Waals surface area (Å²) in [6.45, 7) is 1.98. The quantitative estimate of drug-likeness (QED) is 0.509. The van der Waals surface area contributed by atoms with Crippen molar-refractivity contribution in [2.45, 2.75) is 51.2 Å². The summed E-state index contributed by atoms with van der Waals surface area (Å²) in [4.78, 5) is 14.0. The molecule has 0 atom stereocenters. The number of rotatable bonds is 5. The Kier molecular flexibility index (Phi) is 5.18. The Morgan fingerprint density at radius 3 is 2.90 bits per heavy atom. The number of thiophene rings is 1. The molecule has 154 valence electrons. The van der Waals surface area contributed by atoms with Crippen molar-refractivity contribution in [1.29, 1.82) is 0 Å². The van der Waals surface area contributed by atoms with E-state index >= 15 is 0 Å². The van der Waals surface area contributed by atoms with Crippen molar-refractivity contribution >= 4 is 27.4 Å². The highest BCUT2D eigenvalue weighted by atomic mass is 32.1. The standard InChI is InChI=1S/C22H24N6OS/c1-14-19(3-2-9-23-14)28-13-15(12-24-28)11-20-26-18-8-10-30-21(18)22(27-20)25-16-4-6-17(29)7-5-16/h2-3,8-10,12-13,16-17,29H,4-7,11H2,1H3,(H,25,26,27). The topological polar surface area (TPSA) is 88.8 Å². The highest BCUT2D eigenvalue weighted by Crippen LogP contribution is 2.29. The van der Waals surface area contributed by atoms with Gasteiger partial charge >= 0.3 is 0 Å². The number of nitrogens with one attached hydrogen (secondary N) is 1. The molecule has 1 aliphatic rings. The zero-order valence-corrected chi connectivity index (χ0v) is 17.6. The van der Waals surface area contributed by atoms with Gasteiger partial charge in [-0.15, -0.1) is 11.3 Å². The summed E-state index contributed by atoms with van der Waals surface area (Å²) in [5.41, 5.74) is 3.94. The molecule has 1 aliphatic carbocycles. The van der Waals surface area contributed by atoms with Gasteiger partial charge in [0, 0.05) is 24.9 Å². The molecule has 4 heterocycles. The van der Waals surface area contributed by atoms with Gasteiger partial charge in [-0.05, 0) is 61.7 Å². The maximum Gasteiger partial charge on any atom is 0.148 e. The summed E-state index contributed by atoms with van der Waals surface area (Å²) < 4.78 is 2.94. The Morgan fingerprint density at radius 2 is 2.07 bits per heavy atom. The first-order chi connectivity index (χ1) is 14.7. The third-order valence-electron chi connectivity index (χ3n) is 5.61. The number of anilines is 1. The number of hydrogen-bond acceptors (Lipinski definition) is 7. The number of aliphatic hydroxyl groups is 1. The van der Waals surface area contributed by atoms with Crippen LogP contribution in [0.5, 0.6) is 0 Å². The minimum absolute atomic E-state index is 0.161. The molecule has 30 heavy (non-hydrogen) atoms. The molecule has 0 saturated heterocycles. The molecule has 1 fully saturated rings. The number of fused-ring (bicyclic) bond motifs is 1. The Labute approximate surface area is 178 Å². The molecule has 0 radical (unpaired) electrons. The molecule has 0 unspecified atom stereocenters. The molecule has 2 N–H and O–H groups in total. The van der Waals surface area contributed by atoms with Gasteiger partial charge < -0.3 is 10.4 Å². The van der Waals surface area contributed by atoms with Gasteiger partial charge in [0.1, 0.15) is 11.6 Å². The molecule has 8 heteroatoms. The molecular formula is C22H24N6OS. The molecule has 5 rings (SSSR count). The van der Waals surface area contributed by atoms with Gasteiger partial charge in [-0.1, -0.05) is 0 Å². The summed E-state index contributed by atoms with van der Waals surface area (Å²) in [7, 11) is 0. The summed E-state index contributed by atoms with van der Waals surface area (Å²) >= 11 is 1.66. The van der Waals surface area contributed by atoms with E-state index in [1.165, 1.54) is 0 Å². The molecule has 4 aromatic rings. The van der Waals surface area contributed by atoms with Gasteiger partial charge in [-0.3, -0.25) is 4.98 Å². The number of nitrogens with zero attached hydrogens (tertiary/aromatic N) is 5. The van der Waals surface area contributed by atoms with E-state index in [1.807, 2.05) is 42.2 Å². The van der Waals surface area contributed by atoms with E-state index in [-0.39, 0.29) is 6.10 Å². The van der Waals surface area contributed by atoms with E-state index in [0.29, 0.717) is 12.5 Å². The van der Waals surface area contributed by atoms with Crippen molar-refractivity contribution in [3.63, 3.8) is 0 Å². The van der Waals surface area contributed by atoms with Crippen molar-refractivity contribution in [2.24, 2.45) is 0 Å². The van der Waals surface area contributed by atoms with Crippen molar-refractivity contribution in [3.05, 3.63) is 59.3 Å². The third-order valence-corrected chi connectivity index (χ3v) is 6.52. The van der Waals surface area contributed by atoms with Crippen molar-refractivity contribution in [3.8, 4) is 5.69 Å². The van der Waals surface area contributed by atoms with E-state index in [0.717, 1.165) is 64.5 Å². The van der Waals surface area contributed by atoms with Crippen molar-refractivity contribution in [1.82, 2.24) is 24.7 Å². The maximum atomic E-state index is 9.78. The zero-order chi connectivity index (χ0) is 20.5. The predicted octanol–water partition coefficient (Wildman–Crippen LogP) is 3.89. The summed E-state index contributed by atoms with van der Waals surface area (Å²) in [6, 6.07) is 6.32. The Bertz CT molecular complexity index is 1160. The van der Waals surface area contributed by atoms with E-state index in [1.54, 1.807) is 17.5 Å². The van der Waals surface area contributed by atoms with E-state index in [2.05, 4.69) is 20.8 Å². The molecule has 0 aliphatic heterocycles. The van der Waals surface area contributed by atoms with Crippen LogP contribution in [0.15, 0.2) is 42.2 Å². The fourth-order valence-corrected chi connectivity index (χ4v) is 4.77. The predicted molar refractivity (Wildman–Crippen MR) is 118 cm³/mol. The lowest BCUT2D eigenvalue weighted by Gasteiger charge is -2.26. The van der Waals surface area contributed by atoms with Gasteiger partial charge in [0.05, 0.1) is 33.9 Å². The van der Waals surface area contributed by atoms with Crippen LogP contribution in [0.4, 0.5) is 5.82 Å². The SMILES string of the molecule is Cc1ncccc1-n1cc(Cc2nc(NC3CCC(O)CC3)c3sccc3n2)cn1. The smallest absolute Gasteiger partial charge is 0.148 e. The molecule has 0 bridgehead atoms. The Morgan fingerprint density at radius 1 is 1.20 bits per heavy atom. The number of hydrogen-bond donors (Lipinski definition) is 2. The maximum absolute atomic E-state index is 9.78. The average molecular weight is 421 g/mol. The van der Waals surface area contributed by atoms with Crippen molar-refractivity contribution < 1.29 is 5.11 Å². The monoisotopic (exact) mass is 420 g/mol. The summed E-state index contributed by atoms with van der Waals surface area (Å²) in [5, 5.41) is 20.0. The normalized spacial score (nSPS) is 19.3. The Balaban J connectivity index is 1.39. The zero-order valence-electron chi connectivity index (χ0n) is 16.8. The van der Waals surface area contributed by atoms with Gasteiger partial charge in [-0.2, -0.15) is 5.10 Å². The fraction of sp³-hybridized carbons (Fsp3) is 0.364. The van der Waals surface area contributed by atoms with E-state index < -0.39 is 0 Å². The third kappa shape index (κ3) is 3.93. The second-order valence-electron chi connectivity index (χ2n) is 7.85. The first-order valence-electron chi connectivity index (χ1n) is 10.3. The largest absolute Gasteiger partial charge is 0.393 e. The summed E-state index contributed by atoms with van der Waals surface area (Å²) in [5.74, 6) is 1.68. The minimum Gasteiger partial charge on any atom is -0.393 e. The highest BCUT2D eigenvalue weighted by molar-refractivity contribution is 7.17. The van der Waals surface area contributed by atoms with Gasteiger partial charge in [-0.25, -0.2) is 14.6 Å². The van der Waals surface area contributed by atoms with Gasteiger partial charge in [0.15, 0.2) is 0 Å². The molecule has 7 nitrogen and oxygen atoms in total. The number of aromatic nitrogens is 5. The Hall–Kier alpha value is -2.84. The molecule has 0 amide bonds. The molecule has 4 aromatic heterocycles. The lowest BCUT2D eigenvalue weighted by Crippen LogP contribution is -2.28. The van der Waals surface area contributed by atoms with E-state index in [4.69, 9.17) is 9.97 Å². The molecular weight excluding hydrogens is 396 g/mol. The first kappa shape index (κ1) is 19.1. The number of aryl methyl sites for hydroxylation is 1. The number of aliphatic hydroxyl groups excluding tert-OH is 1. The van der Waals surface area contributed by atoms with Crippen LogP contribution in [0.1, 0.15) is 42.8 Å². The van der Waals surface area contributed by atoms with Gasteiger partial charge in [0.25, 0.3) is 0 Å². The first-order valence-corrected chi connectivity index (χ1v) is 11.2. The van der Waals surface area contributed by atoms with Crippen LogP contribution in [0, 0.1) is 6.92 Å². The lowest BCUT2D eigenvalue weighted by atomic mass is 9.93. The van der Waals surface area contributed by atoms with Crippen LogP contribution in [0.3, 0.4) is 0 Å². The molecule has 1 saturated carbocycles. The second kappa shape index (κ2) is 8.12. The highest BCUT2D eigenvalue weighted by Gasteiger charge is 2.21. The van der Waals surface area contributed by atoms with E-state index in [9.17, 15) is 5.11 Å². The second-order valence-corrected chi connectivity index (χ2v) is 8.77. The van der Waals surface area contributed by atoms with Crippen LogP contribution in [0.2, 0.25) is 0 Å². The van der Waals surface area contributed by atoms with Crippen LogP contribution in [-0.2, 0) is 6.42 Å².